The minimum atomic E-state index is -0.0129. The molecule has 5 nitrogen and oxygen atoms in total. The molecule has 0 aromatic carbocycles. The van der Waals surface area contributed by atoms with Crippen molar-refractivity contribution in [2.45, 2.75) is 58.9 Å². The summed E-state index contributed by atoms with van der Waals surface area (Å²) in [4.78, 5) is 12.6. The van der Waals surface area contributed by atoms with Crippen LogP contribution in [0.5, 0.6) is 0 Å². The quantitative estimate of drug-likeness (QED) is 0.868. The van der Waals surface area contributed by atoms with E-state index in [0.717, 1.165) is 28.1 Å². The molecule has 0 radical (unpaired) electrons. The predicted molar refractivity (Wildman–Crippen MR) is 96.1 cm³/mol. The highest BCUT2D eigenvalue weighted by Gasteiger charge is 2.28. The first kappa shape index (κ1) is 16.5. The molecule has 0 unspecified atom stereocenters. The molecule has 0 amide bonds. The van der Waals surface area contributed by atoms with E-state index in [0.29, 0.717) is 12.3 Å². The molecule has 5 heteroatoms. The lowest BCUT2D eigenvalue weighted by Crippen LogP contribution is -2.39. The number of hydrogen-bond acceptors (Lipinski definition) is 4. The number of hydrogen-bond donors (Lipinski definition) is 2. The molecular weight excluding hydrogens is 298 g/mol. The van der Waals surface area contributed by atoms with Gasteiger partial charge < -0.3 is 10.3 Å². The van der Waals surface area contributed by atoms with E-state index in [1.54, 1.807) is 0 Å². The number of allylic oxidation sites excluding steroid dienone is 1. The van der Waals surface area contributed by atoms with E-state index in [4.69, 9.17) is 10.2 Å². The van der Waals surface area contributed by atoms with Gasteiger partial charge in [-0.15, -0.1) is 0 Å². The van der Waals surface area contributed by atoms with E-state index < -0.39 is 0 Å². The maximum absolute atomic E-state index is 9.15. The third-order valence-corrected chi connectivity index (χ3v) is 4.64. The van der Waals surface area contributed by atoms with Crippen LogP contribution in [0.3, 0.4) is 0 Å². The fourth-order valence-corrected chi connectivity index (χ4v) is 2.86. The first-order valence-electron chi connectivity index (χ1n) is 8.58. The van der Waals surface area contributed by atoms with Crippen molar-refractivity contribution in [2.24, 2.45) is 5.41 Å². The zero-order chi connectivity index (χ0) is 17.3. The average molecular weight is 323 g/mol. The fourth-order valence-electron chi connectivity index (χ4n) is 2.86. The lowest BCUT2D eigenvalue weighted by Gasteiger charge is -2.31. The zero-order valence-electron chi connectivity index (χ0n) is 14.8. The lowest BCUT2D eigenvalue weighted by atomic mass is 9.84. The molecular formula is C19H25N5. The summed E-state index contributed by atoms with van der Waals surface area (Å²) in [6.07, 6.45) is 8.77. The standard InChI is InChI=1S/C19H25N5/c1-5-14(23-16(8-9-20)19(2,3)4)13-10-21-18-17(13)24-15(11-22-18)12-6-7-12/h5,10-12,16,23H,6-8H2,1-4H3,(H,21,22)/b14-5-/t16-/m1/s1. The monoisotopic (exact) mass is 323 g/mol. The number of nitrogens with one attached hydrogen (secondary N) is 2. The SMILES string of the molecule is C/C=C(\N[C@H](CC#N)C(C)(C)C)c1c[nH]c2ncc(C3CC3)nc12. The second kappa shape index (κ2) is 6.27. The molecule has 3 rings (SSSR count). The highest BCUT2D eigenvalue weighted by molar-refractivity contribution is 5.87. The van der Waals surface area contributed by atoms with Gasteiger partial charge in [0.25, 0.3) is 0 Å². The largest absolute Gasteiger partial charge is 0.380 e. The summed E-state index contributed by atoms with van der Waals surface area (Å²) >= 11 is 0. The van der Waals surface area contributed by atoms with Crippen LogP contribution in [0.15, 0.2) is 18.5 Å². The predicted octanol–water partition coefficient (Wildman–Crippen LogP) is 4.11. The molecule has 24 heavy (non-hydrogen) atoms. The molecule has 126 valence electrons. The molecule has 1 saturated carbocycles. The van der Waals surface area contributed by atoms with E-state index in [1.807, 2.05) is 25.4 Å². The molecule has 2 aromatic heterocycles. The second-order valence-corrected chi connectivity index (χ2v) is 7.60. The number of aromatic amines is 1. The van der Waals surface area contributed by atoms with Gasteiger partial charge in [-0.05, 0) is 25.2 Å². The number of aromatic nitrogens is 3. The molecule has 1 fully saturated rings. The average Bonchev–Trinajstić information content (AvgIpc) is 3.31. The third kappa shape index (κ3) is 3.28. The van der Waals surface area contributed by atoms with E-state index in [1.165, 1.54) is 12.8 Å². The first-order valence-corrected chi connectivity index (χ1v) is 8.58. The van der Waals surface area contributed by atoms with Crippen LogP contribution in [0.1, 0.15) is 64.1 Å². The van der Waals surface area contributed by atoms with Crippen molar-refractivity contribution in [2.75, 3.05) is 0 Å². The van der Waals surface area contributed by atoms with E-state index in [2.05, 4.69) is 42.1 Å². The first-order chi connectivity index (χ1) is 11.4. The normalized spacial score (nSPS) is 16.9. The number of rotatable bonds is 5. The summed E-state index contributed by atoms with van der Waals surface area (Å²) in [5.74, 6) is 0.576. The Morgan fingerprint density at radius 1 is 1.50 bits per heavy atom. The molecule has 0 spiro atoms. The van der Waals surface area contributed by atoms with Crippen molar-refractivity contribution in [1.82, 2.24) is 20.3 Å². The highest BCUT2D eigenvalue weighted by Crippen LogP contribution is 2.39. The molecule has 1 aliphatic carbocycles. The van der Waals surface area contributed by atoms with Gasteiger partial charge in [0.15, 0.2) is 5.65 Å². The molecule has 1 atom stereocenters. The summed E-state index contributed by atoms with van der Waals surface area (Å²) in [7, 11) is 0. The van der Waals surface area contributed by atoms with Crippen LogP contribution < -0.4 is 5.32 Å². The molecule has 0 bridgehead atoms. The molecule has 1 aliphatic rings. The van der Waals surface area contributed by atoms with Crippen molar-refractivity contribution < 1.29 is 0 Å². The molecule has 2 heterocycles. The molecule has 2 N–H and O–H groups in total. The van der Waals surface area contributed by atoms with E-state index in [9.17, 15) is 0 Å². The van der Waals surface area contributed by atoms with E-state index >= 15 is 0 Å². The summed E-state index contributed by atoms with van der Waals surface area (Å²) < 4.78 is 0. The van der Waals surface area contributed by atoms with Crippen LogP contribution in [-0.4, -0.2) is 21.0 Å². The van der Waals surface area contributed by atoms with Gasteiger partial charge in [0.05, 0.1) is 24.4 Å². The van der Waals surface area contributed by atoms with Gasteiger partial charge in [-0.2, -0.15) is 5.26 Å². The van der Waals surface area contributed by atoms with Crippen LogP contribution >= 0.6 is 0 Å². The van der Waals surface area contributed by atoms with Crippen LogP contribution in [0.2, 0.25) is 0 Å². The Balaban J connectivity index is 1.94. The van der Waals surface area contributed by atoms with Gasteiger partial charge >= 0.3 is 0 Å². The number of nitrogens with zero attached hydrogens (tertiary/aromatic N) is 3. The van der Waals surface area contributed by atoms with Crippen molar-refractivity contribution in [3.63, 3.8) is 0 Å². The van der Waals surface area contributed by atoms with Gasteiger partial charge in [0.2, 0.25) is 0 Å². The molecule has 2 aromatic rings. The maximum atomic E-state index is 9.15. The minimum Gasteiger partial charge on any atom is -0.380 e. The van der Waals surface area contributed by atoms with Crippen LogP contribution in [-0.2, 0) is 0 Å². The van der Waals surface area contributed by atoms with Crippen molar-refractivity contribution >= 4 is 16.9 Å². The number of H-pyrrole nitrogens is 1. The Morgan fingerprint density at radius 3 is 2.83 bits per heavy atom. The van der Waals surface area contributed by atoms with E-state index in [-0.39, 0.29) is 11.5 Å². The van der Waals surface area contributed by atoms with Crippen LogP contribution in [0.4, 0.5) is 0 Å². The van der Waals surface area contributed by atoms with Crippen LogP contribution in [0, 0.1) is 16.7 Å². The maximum Gasteiger partial charge on any atom is 0.156 e. The van der Waals surface area contributed by atoms with Gasteiger partial charge in [0, 0.05) is 29.4 Å². The Kier molecular flexibility index (Phi) is 4.31. The summed E-state index contributed by atoms with van der Waals surface area (Å²) in [6.45, 7) is 8.45. The molecule has 0 saturated heterocycles. The second-order valence-electron chi connectivity index (χ2n) is 7.60. The highest BCUT2D eigenvalue weighted by atomic mass is 15.0. The summed E-state index contributed by atoms with van der Waals surface area (Å²) in [5, 5.41) is 12.7. The minimum absolute atomic E-state index is 0.0129. The summed E-state index contributed by atoms with van der Waals surface area (Å²) in [6, 6.07) is 2.36. The van der Waals surface area contributed by atoms with Crippen molar-refractivity contribution in [3.05, 3.63) is 29.7 Å². The van der Waals surface area contributed by atoms with Crippen molar-refractivity contribution in [3.8, 4) is 6.07 Å². The lowest BCUT2D eigenvalue weighted by molar-refractivity contribution is 0.296. The van der Waals surface area contributed by atoms with Gasteiger partial charge in [0.1, 0.15) is 5.52 Å². The van der Waals surface area contributed by atoms with Crippen molar-refractivity contribution in [1.29, 1.82) is 5.26 Å². The summed E-state index contributed by atoms with van der Waals surface area (Å²) in [5.41, 5.74) is 4.81. The Morgan fingerprint density at radius 2 is 2.25 bits per heavy atom. The number of fused-ring (bicyclic) bond motifs is 1. The third-order valence-electron chi connectivity index (χ3n) is 4.64. The Labute approximate surface area is 143 Å². The Bertz CT molecular complexity index is 799. The number of nitriles is 1. The molecule has 0 aliphatic heterocycles. The van der Waals surface area contributed by atoms with Gasteiger partial charge in [-0.1, -0.05) is 26.8 Å². The fraction of sp³-hybridized carbons (Fsp3) is 0.526. The smallest absolute Gasteiger partial charge is 0.156 e. The van der Waals surface area contributed by atoms with Crippen LogP contribution in [0.25, 0.3) is 16.9 Å². The topological polar surface area (TPSA) is 77.4 Å². The van der Waals surface area contributed by atoms with Gasteiger partial charge in [-0.25, -0.2) is 9.97 Å². The van der Waals surface area contributed by atoms with Gasteiger partial charge in [-0.3, -0.25) is 0 Å². The Hall–Kier alpha value is -2.35. The zero-order valence-corrected chi connectivity index (χ0v) is 14.8.